The maximum absolute atomic E-state index is 14.8. The van der Waals surface area contributed by atoms with Crippen LogP contribution in [0.25, 0.3) is 22.3 Å². The van der Waals surface area contributed by atoms with E-state index in [2.05, 4.69) is 20.2 Å². The van der Waals surface area contributed by atoms with Crippen LogP contribution in [-0.4, -0.2) is 89.5 Å². The van der Waals surface area contributed by atoms with Crippen LogP contribution in [0.15, 0.2) is 95.5 Å². The van der Waals surface area contributed by atoms with Gasteiger partial charge in [-0.15, -0.1) is 0 Å². The van der Waals surface area contributed by atoms with E-state index in [0.29, 0.717) is 39.7 Å². The second-order valence-corrected chi connectivity index (χ2v) is 21.2. The van der Waals surface area contributed by atoms with Gasteiger partial charge >= 0.3 is 17.9 Å². The highest BCUT2D eigenvalue weighted by Gasteiger charge is 2.36. The summed E-state index contributed by atoms with van der Waals surface area (Å²) < 4.78 is 103. The lowest BCUT2D eigenvalue weighted by molar-refractivity contribution is -0.163. The first kappa shape index (κ1) is 59.2. The minimum atomic E-state index is -4.34. The minimum Gasteiger partial charge on any atom is -0.481 e. The molecule has 2 aliphatic rings. The number of aliphatic carboxylic acids is 1. The molecule has 0 spiro atoms. The summed E-state index contributed by atoms with van der Waals surface area (Å²) in [5, 5.41) is 22.5. The number of nitrogens with one attached hydrogen (secondary N) is 1. The number of hydrogen-bond donors (Lipinski definition) is 3. The fourth-order valence-corrected chi connectivity index (χ4v) is 9.10. The van der Waals surface area contributed by atoms with Gasteiger partial charge in [0.25, 0.3) is 15.9 Å². The first-order valence-electron chi connectivity index (χ1n) is 23.2. The van der Waals surface area contributed by atoms with Crippen LogP contribution in [0.4, 0.5) is 8.78 Å². The van der Waals surface area contributed by atoms with Gasteiger partial charge in [-0.1, -0.05) is 35.1 Å². The molecule has 2 atom stereocenters. The average molecular weight is 1100 g/mol. The number of carboxylic acids is 1. The Morgan fingerprint density at radius 2 is 1.09 bits per heavy atom. The molecule has 408 valence electrons. The minimum absolute atomic E-state index is 0. The summed E-state index contributed by atoms with van der Waals surface area (Å²) in [6.45, 7) is 9.40. The number of benzene rings is 2. The summed E-state index contributed by atoms with van der Waals surface area (Å²) in [5.41, 5.74) is 2.68. The quantitative estimate of drug-likeness (QED) is 0.0732. The van der Waals surface area contributed by atoms with E-state index in [0.717, 1.165) is 45.7 Å². The molecule has 4 N–H and O–H groups in total. The Hall–Kier alpha value is -7.64. The normalized spacial score (nSPS) is 13.9. The van der Waals surface area contributed by atoms with Crippen molar-refractivity contribution in [1.29, 1.82) is 0 Å². The van der Waals surface area contributed by atoms with E-state index in [1.54, 1.807) is 36.7 Å². The number of carbonyl (C=O) groups is 4. The molecule has 21 nitrogen and oxygen atoms in total. The Bertz CT molecular complexity index is 3320. The van der Waals surface area contributed by atoms with E-state index < -0.39 is 67.7 Å². The average Bonchev–Trinajstić information content (AvgIpc) is 4.28. The fourth-order valence-electron chi connectivity index (χ4n) is 7.73. The van der Waals surface area contributed by atoms with Gasteiger partial charge in [0.1, 0.15) is 21.4 Å². The van der Waals surface area contributed by atoms with Crippen LogP contribution in [-0.2, 0) is 48.7 Å². The van der Waals surface area contributed by atoms with Crippen molar-refractivity contribution in [2.24, 2.45) is 5.14 Å². The Kier molecular flexibility index (Phi) is 19.3. The molecule has 2 aliphatic carbocycles. The van der Waals surface area contributed by atoms with Gasteiger partial charge in [-0.2, -0.15) is 10.2 Å². The van der Waals surface area contributed by atoms with Crippen molar-refractivity contribution in [1.82, 2.24) is 34.3 Å². The van der Waals surface area contributed by atoms with E-state index in [1.807, 2.05) is 18.6 Å². The first-order valence-corrected chi connectivity index (χ1v) is 26.3. The molecular formula is C51H60F2N8O13S2. The maximum atomic E-state index is 14.8. The third-order valence-electron chi connectivity index (χ3n) is 11.5. The van der Waals surface area contributed by atoms with Crippen molar-refractivity contribution in [3.05, 3.63) is 120 Å². The van der Waals surface area contributed by atoms with Gasteiger partial charge in [-0.05, 0) is 107 Å². The Labute approximate surface area is 438 Å². The summed E-state index contributed by atoms with van der Waals surface area (Å²) in [6, 6.07) is 11.7. The summed E-state index contributed by atoms with van der Waals surface area (Å²) >= 11 is 0. The zero-order valence-electron chi connectivity index (χ0n) is 42.1. The maximum Gasteiger partial charge on any atom is 0.349 e. The molecule has 4 heterocycles. The van der Waals surface area contributed by atoms with Crippen LogP contribution in [0.3, 0.4) is 0 Å². The molecule has 4 aromatic heterocycles. The summed E-state index contributed by atoms with van der Waals surface area (Å²) in [7, 11) is -5.05. The number of pyridine rings is 2. The number of ether oxygens (including phenoxy) is 4. The highest BCUT2D eigenvalue weighted by Crippen LogP contribution is 2.41. The summed E-state index contributed by atoms with van der Waals surface area (Å²) in [4.78, 5) is 56.7. The molecule has 0 radical (unpaired) electrons. The zero-order valence-corrected chi connectivity index (χ0v) is 43.7. The number of hydrogen-bond acceptors (Lipinski definition) is 16. The number of aromatic nitrogens is 6. The first-order chi connectivity index (χ1) is 35.3. The largest absolute Gasteiger partial charge is 0.481 e. The standard InChI is InChI=1S/C25H27FN4O6S.C19H20FNO5.C6H9N3O2S.CH4/c1-14(2)20-10-17(26)11-21(16-7-8-27-22(9-16)35-4)23(20)24(36-15(3)31)25(32)29-37(33,34)19-12-28-30(13-19)18-5-6-18;1-10(2)14-8-13(20)9-15(12-5-6-21-16(7-12)25-4)17(14)18(19(23)24)26-11(3)22;7-12(10,11)6-3-8-9(4-6)5-1-2-5;/h7-14,18,24H,5-6H2,1-4H3,(H,29,32);5-10,18H,1-4H3,(H,23,24);3-5H,1-2H2,(H2,7,10,11);1H4. The molecule has 0 saturated heterocycles. The number of carbonyl (C=O) groups excluding carboxylic acids is 3. The molecule has 2 unspecified atom stereocenters. The number of amides is 1. The number of methoxy groups -OCH3 is 2. The molecule has 6 aromatic rings. The van der Waals surface area contributed by atoms with Gasteiger partial charge in [0.05, 0.1) is 38.7 Å². The number of halogens is 2. The van der Waals surface area contributed by atoms with Crippen LogP contribution >= 0.6 is 0 Å². The third kappa shape index (κ3) is 15.0. The van der Waals surface area contributed by atoms with Crippen LogP contribution in [0.5, 0.6) is 11.8 Å². The van der Waals surface area contributed by atoms with E-state index in [4.69, 9.17) is 24.1 Å². The monoisotopic (exact) mass is 1090 g/mol. The number of rotatable bonds is 17. The summed E-state index contributed by atoms with van der Waals surface area (Å²) in [5.74, 6) is -5.08. The van der Waals surface area contributed by atoms with E-state index in [-0.39, 0.29) is 57.7 Å². The molecule has 25 heteroatoms. The van der Waals surface area contributed by atoms with Crippen LogP contribution in [0, 0.1) is 11.6 Å². The lowest BCUT2D eigenvalue weighted by Gasteiger charge is -2.25. The van der Waals surface area contributed by atoms with Crippen molar-refractivity contribution < 1.29 is 68.8 Å². The van der Waals surface area contributed by atoms with Gasteiger partial charge < -0.3 is 24.1 Å². The predicted octanol–water partition coefficient (Wildman–Crippen LogP) is 7.87. The van der Waals surface area contributed by atoms with Crippen LogP contribution in [0.1, 0.15) is 133 Å². The molecule has 1 amide bonds. The second-order valence-electron chi connectivity index (χ2n) is 18.0. The topological polar surface area (TPSA) is 293 Å². The number of carboxylic acid groups (broad SMARTS) is 1. The van der Waals surface area contributed by atoms with Gasteiger partial charge in [0.15, 0.2) is 0 Å². The van der Waals surface area contributed by atoms with Crippen molar-refractivity contribution in [2.75, 3.05) is 14.2 Å². The van der Waals surface area contributed by atoms with E-state index >= 15 is 0 Å². The van der Waals surface area contributed by atoms with Crippen molar-refractivity contribution >= 4 is 43.9 Å². The predicted molar refractivity (Wildman–Crippen MR) is 272 cm³/mol. The molecule has 76 heavy (non-hydrogen) atoms. The second kappa shape index (κ2) is 24.8. The number of nitrogens with zero attached hydrogens (tertiary/aromatic N) is 6. The Balaban J connectivity index is 0.000000236. The Morgan fingerprint density at radius 1 is 0.684 bits per heavy atom. The van der Waals surface area contributed by atoms with Gasteiger partial charge in [-0.25, -0.2) is 50.2 Å². The fraction of sp³-hybridized carbons (Fsp3) is 0.373. The van der Waals surface area contributed by atoms with Crippen LogP contribution < -0.4 is 19.3 Å². The summed E-state index contributed by atoms with van der Waals surface area (Å²) in [6.07, 6.45) is 8.87. The number of sulfonamides is 2. The lowest BCUT2D eigenvalue weighted by Crippen LogP contribution is -2.37. The molecule has 2 fully saturated rings. The molecule has 2 aromatic carbocycles. The molecule has 8 rings (SSSR count). The Morgan fingerprint density at radius 3 is 1.46 bits per heavy atom. The smallest absolute Gasteiger partial charge is 0.349 e. The van der Waals surface area contributed by atoms with Gasteiger partial charge in [0, 0.05) is 61.9 Å². The molecule has 0 bridgehead atoms. The lowest BCUT2D eigenvalue weighted by atomic mass is 9.87. The van der Waals surface area contributed by atoms with Crippen molar-refractivity contribution in [3.63, 3.8) is 0 Å². The van der Waals surface area contributed by atoms with Crippen molar-refractivity contribution in [2.45, 2.75) is 121 Å². The van der Waals surface area contributed by atoms with Gasteiger partial charge in [0.2, 0.25) is 34.0 Å². The van der Waals surface area contributed by atoms with Crippen molar-refractivity contribution in [3.8, 4) is 34.0 Å². The van der Waals surface area contributed by atoms with E-state index in [9.17, 15) is 49.9 Å². The number of nitrogens with two attached hydrogens (primary N) is 1. The molecule has 0 aliphatic heterocycles. The highest BCUT2D eigenvalue weighted by atomic mass is 32.2. The number of primary sulfonamides is 1. The molecule has 2 saturated carbocycles. The highest BCUT2D eigenvalue weighted by molar-refractivity contribution is 7.90. The van der Waals surface area contributed by atoms with Gasteiger partial charge in [-0.3, -0.25) is 23.7 Å². The molecular weight excluding hydrogens is 1030 g/mol. The number of esters is 2. The zero-order chi connectivity index (χ0) is 55.1. The van der Waals surface area contributed by atoms with E-state index in [1.165, 1.54) is 80.2 Å². The van der Waals surface area contributed by atoms with Crippen LogP contribution in [0.2, 0.25) is 0 Å². The third-order valence-corrected chi connectivity index (χ3v) is 13.7. The SMILES string of the molecule is C.COc1cc(-c2cc(F)cc(C(C)C)c2C(OC(C)=O)C(=O)NS(=O)(=O)c2cnn(C3CC3)c2)ccn1.COc1cc(-c2cc(F)cc(C(C)C)c2C(OC(C)=O)C(=O)O)ccn1.NS(=O)(=O)c1cnn(C2CC2)c1.